The summed E-state index contributed by atoms with van der Waals surface area (Å²) in [4.78, 5) is 14.7. The number of rotatable bonds is 3. The molecule has 0 aliphatic heterocycles. The highest BCUT2D eigenvalue weighted by molar-refractivity contribution is 6.03. The summed E-state index contributed by atoms with van der Waals surface area (Å²) in [6, 6.07) is 0. The number of amidine groups is 1. The minimum Gasteiger partial charge on any atom is -0.383 e. The molecule has 0 aromatic rings. The molecule has 1 amide bonds. The number of hydrogen-bond donors (Lipinski definition) is 1. The minimum absolute atomic E-state index is 0.142. The van der Waals surface area contributed by atoms with Crippen LogP contribution in [0.3, 0.4) is 0 Å². The second kappa shape index (κ2) is 5.52. The monoisotopic (exact) mass is 168 g/mol. The highest BCUT2D eigenvalue weighted by Crippen LogP contribution is 1.95. The molecule has 0 unspecified atom stereocenters. The Balaban J connectivity index is 4.26. The number of nitrogens with zero attached hydrogens (tertiary/aromatic N) is 1. The summed E-state index contributed by atoms with van der Waals surface area (Å²) in [5.74, 6) is 0.187. The summed E-state index contributed by atoms with van der Waals surface area (Å²) >= 11 is 0. The molecule has 0 spiro atoms. The van der Waals surface area contributed by atoms with E-state index in [0.717, 1.165) is 12.0 Å². The molecule has 0 aliphatic carbocycles. The number of hydrogen-bond acceptors (Lipinski definition) is 1. The predicted molar refractivity (Wildman–Crippen MR) is 51.0 cm³/mol. The molecule has 0 radical (unpaired) electrons. The van der Waals surface area contributed by atoms with E-state index in [4.69, 9.17) is 5.73 Å². The van der Waals surface area contributed by atoms with Crippen LogP contribution in [-0.2, 0) is 4.79 Å². The number of aliphatic imine (C=N–C) groups is 1. The third-order valence-electron chi connectivity index (χ3n) is 1.55. The summed E-state index contributed by atoms with van der Waals surface area (Å²) in [7, 11) is 0. The minimum atomic E-state index is -0.142. The average molecular weight is 168 g/mol. The molecule has 0 aromatic carbocycles. The molecule has 0 bridgehead atoms. The highest BCUT2D eigenvalue weighted by atomic mass is 16.1. The van der Waals surface area contributed by atoms with Gasteiger partial charge in [-0.25, -0.2) is 0 Å². The highest BCUT2D eigenvalue weighted by Gasteiger charge is 1.99. The van der Waals surface area contributed by atoms with Gasteiger partial charge in [0.15, 0.2) is 0 Å². The second-order valence-corrected chi connectivity index (χ2v) is 2.61. The molecule has 0 aliphatic rings. The van der Waals surface area contributed by atoms with Gasteiger partial charge in [0.25, 0.3) is 0 Å². The van der Waals surface area contributed by atoms with E-state index in [-0.39, 0.29) is 5.91 Å². The average Bonchev–Trinajstić information content (AvgIpc) is 2.03. The van der Waals surface area contributed by atoms with Gasteiger partial charge in [0.05, 0.1) is 0 Å². The van der Waals surface area contributed by atoms with E-state index in [2.05, 4.69) is 4.99 Å². The third kappa shape index (κ3) is 3.91. The van der Waals surface area contributed by atoms with Crippen molar-refractivity contribution in [2.75, 3.05) is 0 Å². The third-order valence-corrected chi connectivity index (χ3v) is 1.55. The van der Waals surface area contributed by atoms with Gasteiger partial charge in [0.2, 0.25) is 5.91 Å². The summed E-state index contributed by atoms with van der Waals surface area (Å²) in [5, 5.41) is 0. The molecule has 3 heteroatoms. The van der Waals surface area contributed by atoms with Crippen LogP contribution in [0.5, 0.6) is 0 Å². The van der Waals surface area contributed by atoms with E-state index >= 15 is 0 Å². The van der Waals surface area contributed by atoms with Crippen molar-refractivity contribution in [1.29, 1.82) is 0 Å². The SMILES string of the molecule is C/C=C(/C)C(N)=NC(=O)CCC. The quantitative estimate of drug-likeness (QED) is 0.514. The van der Waals surface area contributed by atoms with E-state index in [1.54, 1.807) is 0 Å². The van der Waals surface area contributed by atoms with Gasteiger partial charge in [-0.3, -0.25) is 4.79 Å². The first kappa shape index (κ1) is 10.9. The van der Waals surface area contributed by atoms with Crippen LogP contribution in [0.2, 0.25) is 0 Å². The fourth-order valence-electron chi connectivity index (χ4n) is 0.640. The van der Waals surface area contributed by atoms with Crippen molar-refractivity contribution in [3.8, 4) is 0 Å². The van der Waals surface area contributed by atoms with Crippen LogP contribution in [0.15, 0.2) is 16.6 Å². The maximum absolute atomic E-state index is 11.0. The van der Waals surface area contributed by atoms with Gasteiger partial charge in [0, 0.05) is 6.42 Å². The van der Waals surface area contributed by atoms with Gasteiger partial charge in [-0.1, -0.05) is 13.0 Å². The Labute approximate surface area is 73.4 Å². The Morgan fingerprint density at radius 2 is 2.17 bits per heavy atom. The van der Waals surface area contributed by atoms with E-state index < -0.39 is 0 Å². The zero-order valence-electron chi connectivity index (χ0n) is 7.92. The lowest BCUT2D eigenvalue weighted by atomic mass is 10.2. The van der Waals surface area contributed by atoms with Gasteiger partial charge in [-0.15, -0.1) is 0 Å². The maximum Gasteiger partial charge on any atom is 0.247 e. The molecular weight excluding hydrogens is 152 g/mol. The molecular formula is C9H16N2O. The van der Waals surface area contributed by atoms with E-state index in [9.17, 15) is 4.79 Å². The predicted octanol–water partition coefficient (Wildman–Crippen LogP) is 1.64. The fourth-order valence-corrected chi connectivity index (χ4v) is 0.640. The number of nitrogens with two attached hydrogens (primary N) is 1. The van der Waals surface area contributed by atoms with Crippen molar-refractivity contribution in [3.63, 3.8) is 0 Å². The van der Waals surface area contributed by atoms with Crippen LogP contribution in [0.1, 0.15) is 33.6 Å². The lowest BCUT2D eigenvalue weighted by Gasteiger charge is -1.97. The molecule has 0 aromatic heterocycles. The number of carbonyl (C=O) groups is 1. The zero-order valence-corrected chi connectivity index (χ0v) is 7.92. The standard InChI is InChI=1S/C9H16N2O/c1-4-6-8(12)11-9(10)7(3)5-2/h5H,4,6H2,1-3H3,(H2,10,11,12)/b7-5-. The lowest BCUT2D eigenvalue weighted by Crippen LogP contribution is -2.15. The van der Waals surface area contributed by atoms with Crippen molar-refractivity contribution >= 4 is 11.7 Å². The molecule has 0 fully saturated rings. The lowest BCUT2D eigenvalue weighted by molar-refractivity contribution is -0.117. The Bertz CT molecular complexity index is 217. The summed E-state index contributed by atoms with van der Waals surface area (Å²) in [5.41, 5.74) is 6.37. The first-order valence-corrected chi connectivity index (χ1v) is 4.12. The van der Waals surface area contributed by atoms with E-state index in [1.165, 1.54) is 0 Å². The van der Waals surface area contributed by atoms with Crippen LogP contribution in [0.4, 0.5) is 0 Å². The summed E-state index contributed by atoms with van der Waals surface area (Å²) in [6.07, 6.45) is 3.11. The molecule has 0 heterocycles. The van der Waals surface area contributed by atoms with Crippen LogP contribution in [0.25, 0.3) is 0 Å². The molecule has 0 rings (SSSR count). The summed E-state index contributed by atoms with van der Waals surface area (Å²) < 4.78 is 0. The van der Waals surface area contributed by atoms with Crippen molar-refractivity contribution < 1.29 is 4.79 Å². The van der Waals surface area contributed by atoms with Gasteiger partial charge in [-0.05, 0) is 25.8 Å². The van der Waals surface area contributed by atoms with Gasteiger partial charge >= 0.3 is 0 Å². The maximum atomic E-state index is 11.0. The Morgan fingerprint density at radius 3 is 2.58 bits per heavy atom. The first-order valence-electron chi connectivity index (χ1n) is 4.12. The van der Waals surface area contributed by atoms with Crippen LogP contribution < -0.4 is 5.73 Å². The molecule has 0 saturated carbocycles. The van der Waals surface area contributed by atoms with Gasteiger partial charge < -0.3 is 5.73 Å². The topological polar surface area (TPSA) is 55.4 Å². The van der Waals surface area contributed by atoms with Crippen LogP contribution >= 0.6 is 0 Å². The smallest absolute Gasteiger partial charge is 0.247 e. The molecule has 0 saturated heterocycles. The Morgan fingerprint density at radius 1 is 1.58 bits per heavy atom. The normalized spacial score (nSPS) is 13.2. The Hall–Kier alpha value is -1.12. The summed E-state index contributed by atoms with van der Waals surface area (Å²) in [6.45, 7) is 5.63. The molecule has 68 valence electrons. The van der Waals surface area contributed by atoms with E-state index in [1.807, 2.05) is 26.8 Å². The van der Waals surface area contributed by atoms with Crippen molar-refractivity contribution in [2.24, 2.45) is 10.7 Å². The van der Waals surface area contributed by atoms with Gasteiger partial charge in [0.1, 0.15) is 5.84 Å². The Kier molecular flexibility index (Phi) is 5.00. The van der Waals surface area contributed by atoms with Crippen LogP contribution in [-0.4, -0.2) is 11.7 Å². The number of amides is 1. The largest absolute Gasteiger partial charge is 0.383 e. The van der Waals surface area contributed by atoms with Crippen molar-refractivity contribution in [2.45, 2.75) is 33.6 Å². The number of carbonyl (C=O) groups excluding carboxylic acids is 1. The first-order chi connectivity index (χ1) is 5.61. The van der Waals surface area contributed by atoms with Crippen molar-refractivity contribution in [3.05, 3.63) is 11.6 Å². The fraction of sp³-hybridized carbons (Fsp3) is 0.556. The molecule has 3 nitrogen and oxygen atoms in total. The second-order valence-electron chi connectivity index (χ2n) is 2.61. The van der Waals surface area contributed by atoms with E-state index in [0.29, 0.717) is 12.3 Å². The van der Waals surface area contributed by atoms with Gasteiger partial charge in [-0.2, -0.15) is 4.99 Å². The van der Waals surface area contributed by atoms with Crippen molar-refractivity contribution in [1.82, 2.24) is 0 Å². The van der Waals surface area contributed by atoms with Crippen LogP contribution in [0, 0.1) is 0 Å². The zero-order chi connectivity index (χ0) is 9.56. The molecule has 0 atom stereocenters. The number of allylic oxidation sites excluding steroid dienone is 1. The molecule has 12 heavy (non-hydrogen) atoms. The molecule has 2 N–H and O–H groups in total.